The standard InChI is InChI=1S/C12H24N2O2S/c15-11(9-14-5-3-13-4-6-14)10-17-12-1-7-16-8-2-12/h11-13,15H,1-10H2. The molecule has 0 aromatic rings. The van der Waals surface area contributed by atoms with E-state index in [-0.39, 0.29) is 6.10 Å². The van der Waals surface area contributed by atoms with Crippen LogP contribution in [-0.4, -0.2) is 73.1 Å². The van der Waals surface area contributed by atoms with Crippen molar-refractivity contribution < 1.29 is 9.84 Å². The maximum Gasteiger partial charge on any atom is 0.0757 e. The molecule has 2 saturated heterocycles. The maximum atomic E-state index is 10.0. The number of hydrogen-bond donors (Lipinski definition) is 2. The van der Waals surface area contributed by atoms with Gasteiger partial charge in [0.1, 0.15) is 0 Å². The van der Waals surface area contributed by atoms with Crippen molar-refractivity contribution in [1.82, 2.24) is 10.2 Å². The highest BCUT2D eigenvalue weighted by molar-refractivity contribution is 7.99. The van der Waals surface area contributed by atoms with Gasteiger partial charge in [-0.3, -0.25) is 4.90 Å². The lowest BCUT2D eigenvalue weighted by Crippen LogP contribution is -2.46. The molecular weight excluding hydrogens is 236 g/mol. The van der Waals surface area contributed by atoms with Crippen LogP contribution in [0.5, 0.6) is 0 Å². The minimum atomic E-state index is -0.180. The highest BCUT2D eigenvalue weighted by atomic mass is 32.2. The van der Waals surface area contributed by atoms with Crippen LogP contribution >= 0.6 is 11.8 Å². The molecular formula is C12H24N2O2S. The number of hydrogen-bond acceptors (Lipinski definition) is 5. The van der Waals surface area contributed by atoms with Crippen molar-refractivity contribution >= 4 is 11.8 Å². The number of nitrogens with one attached hydrogen (secondary N) is 1. The summed E-state index contributed by atoms with van der Waals surface area (Å²) >= 11 is 1.92. The fourth-order valence-corrected chi connectivity index (χ4v) is 3.46. The summed E-state index contributed by atoms with van der Waals surface area (Å²) in [7, 11) is 0. The molecule has 0 amide bonds. The van der Waals surface area contributed by atoms with Crippen molar-refractivity contribution in [2.45, 2.75) is 24.2 Å². The Bertz CT molecular complexity index is 207. The van der Waals surface area contributed by atoms with Crippen molar-refractivity contribution in [2.75, 3.05) is 51.7 Å². The molecule has 17 heavy (non-hydrogen) atoms. The minimum Gasteiger partial charge on any atom is -0.391 e. The zero-order valence-electron chi connectivity index (χ0n) is 10.4. The lowest BCUT2D eigenvalue weighted by molar-refractivity contribution is 0.0992. The highest BCUT2D eigenvalue weighted by Gasteiger charge is 2.18. The molecule has 4 nitrogen and oxygen atoms in total. The fourth-order valence-electron chi connectivity index (χ4n) is 2.33. The molecule has 2 heterocycles. The van der Waals surface area contributed by atoms with Gasteiger partial charge in [-0.05, 0) is 12.8 Å². The Kier molecular flexibility index (Phi) is 6.08. The summed E-state index contributed by atoms with van der Waals surface area (Å²) in [6.45, 7) is 6.87. The number of ether oxygens (including phenoxy) is 1. The summed E-state index contributed by atoms with van der Waals surface area (Å²) < 4.78 is 5.34. The molecule has 1 unspecified atom stereocenters. The number of rotatable bonds is 5. The van der Waals surface area contributed by atoms with E-state index >= 15 is 0 Å². The second-order valence-corrected chi connectivity index (χ2v) is 6.18. The molecule has 0 aromatic heterocycles. The van der Waals surface area contributed by atoms with E-state index in [0.717, 1.165) is 64.5 Å². The third-order valence-corrected chi connectivity index (χ3v) is 4.89. The fraction of sp³-hybridized carbons (Fsp3) is 1.00. The van der Waals surface area contributed by atoms with E-state index in [1.165, 1.54) is 0 Å². The van der Waals surface area contributed by atoms with Gasteiger partial charge in [-0.25, -0.2) is 0 Å². The molecule has 0 aliphatic carbocycles. The molecule has 100 valence electrons. The van der Waals surface area contributed by atoms with Gasteiger partial charge in [-0.2, -0.15) is 11.8 Å². The van der Waals surface area contributed by atoms with Gasteiger partial charge in [-0.15, -0.1) is 0 Å². The lowest BCUT2D eigenvalue weighted by Gasteiger charge is -2.29. The maximum absolute atomic E-state index is 10.0. The average molecular weight is 260 g/mol. The van der Waals surface area contributed by atoms with Crippen LogP contribution in [-0.2, 0) is 4.74 Å². The zero-order valence-corrected chi connectivity index (χ0v) is 11.3. The van der Waals surface area contributed by atoms with E-state index in [4.69, 9.17) is 4.74 Å². The van der Waals surface area contributed by atoms with Crippen molar-refractivity contribution in [3.8, 4) is 0 Å². The number of thioether (sulfide) groups is 1. The Morgan fingerprint density at radius 3 is 2.71 bits per heavy atom. The Hall–Kier alpha value is 0.190. The quantitative estimate of drug-likeness (QED) is 0.737. The number of β-amino-alcohol motifs (C(OH)–C–C–N with tert-alkyl or cyclic N) is 1. The molecule has 0 aromatic carbocycles. The van der Waals surface area contributed by atoms with E-state index in [0.29, 0.717) is 5.25 Å². The first kappa shape index (κ1) is 13.6. The Labute approximate surface area is 108 Å². The molecule has 1 atom stereocenters. The Morgan fingerprint density at radius 1 is 1.29 bits per heavy atom. The third kappa shape index (κ3) is 5.14. The highest BCUT2D eigenvalue weighted by Crippen LogP contribution is 2.22. The molecule has 2 aliphatic heterocycles. The van der Waals surface area contributed by atoms with E-state index in [9.17, 15) is 5.11 Å². The van der Waals surface area contributed by atoms with E-state index in [1.54, 1.807) is 0 Å². The number of nitrogens with zero attached hydrogens (tertiary/aromatic N) is 1. The largest absolute Gasteiger partial charge is 0.391 e. The summed E-state index contributed by atoms with van der Waals surface area (Å²) in [5.74, 6) is 0.870. The van der Waals surface area contributed by atoms with Crippen molar-refractivity contribution in [2.24, 2.45) is 0 Å². The predicted molar refractivity (Wildman–Crippen MR) is 71.6 cm³/mol. The van der Waals surface area contributed by atoms with Gasteiger partial charge in [0.2, 0.25) is 0 Å². The van der Waals surface area contributed by atoms with Crippen molar-refractivity contribution in [1.29, 1.82) is 0 Å². The average Bonchev–Trinajstić information content (AvgIpc) is 2.39. The molecule has 0 saturated carbocycles. The summed E-state index contributed by atoms with van der Waals surface area (Å²) in [5, 5.41) is 14.0. The summed E-state index contributed by atoms with van der Waals surface area (Å²) in [4.78, 5) is 2.35. The third-order valence-electron chi connectivity index (χ3n) is 3.37. The summed E-state index contributed by atoms with van der Waals surface area (Å²) in [5.41, 5.74) is 0. The number of piperazine rings is 1. The van der Waals surface area contributed by atoms with Crippen LogP contribution < -0.4 is 5.32 Å². The molecule has 0 bridgehead atoms. The molecule has 2 aliphatic rings. The predicted octanol–water partition coefficient (Wildman–Crippen LogP) is 0.165. The monoisotopic (exact) mass is 260 g/mol. The van der Waals surface area contributed by atoms with Gasteiger partial charge >= 0.3 is 0 Å². The van der Waals surface area contributed by atoms with Gasteiger partial charge in [0.15, 0.2) is 0 Å². The summed E-state index contributed by atoms with van der Waals surface area (Å²) in [6.07, 6.45) is 2.11. The van der Waals surface area contributed by atoms with Crippen LogP contribution in [0.15, 0.2) is 0 Å². The van der Waals surface area contributed by atoms with E-state index < -0.39 is 0 Å². The van der Waals surface area contributed by atoms with Crippen molar-refractivity contribution in [3.63, 3.8) is 0 Å². The van der Waals surface area contributed by atoms with E-state index in [1.807, 2.05) is 11.8 Å². The van der Waals surface area contributed by atoms with E-state index in [2.05, 4.69) is 10.2 Å². The molecule has 2 N–H and O–H groups in total. The van der Waals surface area contributed by atoms with Gasteiger partial charge in [-0.1, -0.05) is 0 Å². The summed E-state index contributed by atoms with van der Waals surface area (Å²) in [6, 6.07) is 0. The van der Waals surface area contributed by atoms with Crippen LogP contribution in [0.4, 0.5) is 0 Å². The minimum absolute atomic E-state index is 0.180. The number of aliphatic hydroxyl groups is 1. The van der Waals surface area contributed by atoms with Crippen LogP contribution in [0.1, 0.15) is 12.8 Å². The molecule has 0 spiro atoms. The number of aliphatic hydroxyl groups excluding tert-OH is 1. The van der Waals surface area contributed by atoms with Gasteiger partial charge < -0.3 is 15.2 Å². The van der Waals surface area contributed by atoms with Crippen molar-refractivity contribution in [3.05, 3.63) is 0 Å². The second-order valence-electron chi connectivity index (χ2n) is 4.85. The molecule has 2 rings (SSSR count). The Morgan fingerprint density at radius 2 is 2.00 bits per heavy atom. The topological polar surface area (TPSA) is 44.7 Å². The van der Waals surface area contributed by atoms with Crippen LogP contribution in [0.25, 0.3) is 0 Å². The van der Waals surface area contributed by atoms with Gasteiger partial charge in [0, 0.05) is 56.9 Å². The smallest absolute Gasteiger partial charge is 0.0757 e. The first-order valence-electron chi connectivity index (χ1n) is 6.65. The van der Waals surface area contributed by atoms with Crippen LogP contribution in [0.2, 0.25) is 0 Å². The van der Waals surface area contributed by atoms with Crippen LogP contribution in [0, 0.1) is 0 Å². The SMILES string of the molecule is OC(CSC1CCOCC1)CN1CCNCC1. The lowest BCUT2D eigenvalue weighted by atomic mass is 10.2. The first-order valence-corrected chi connectivity index (χ1v) is 7.70. The Balaban J connectivity index is 1.57. The first-order chi connectivity index (χ1) is 8.34. The molecule has 5 heteroatoms. The van der Waals surface area contributed by atoms with Gasteiger partial charge in [0.05, 0.1) is 6.10 Å². The van der Waals surface area contributed by atoms with Gasteiger partial charge in [0.25, 0.3) is 0 Å². The molecule has 0 radical (unpaired) electrons. The van der Waals surface area contributed by atoms with Crippen LogP contribution in [0.3, 0.4) is 0 Å². The zero-order chi connectivity index (χ0) is 11.9. The molecule has 2 fully saturated rings. The second kappa shape index (κ2) is 7.59. The normalized spacial score (nSPS) is 25.9.